The predicted octanol–water partition coefficient (Wildman–Crippen LogP) is 4.87. The molecule has 0 spiro atoms. The molecule has 1 atom stereocenters. The highest BCUT2D eigenvalue weighted by molar-refractivity contribution is 8.13. The van der Waals surface area contributed by atoms with Gasteiger partial charge in [-0.05, 0) is 24.8 Å². The fourth-order valence-corrected chi connectivity index (χ4v) is 5.77. The molecule has 2 fully saturated rings. The van der Waals surface area contributed by atoms with E-state index in [9.17, 15) is 0 Å². The largest absolute Gasteiger partial charge is 0.406 e. The van der Waals surface area contributed by atoms with Crippen LogP contribution in [0.15, 0.2) is 64.0 Å². The Morgan fingerprint density at radius 1 is 1.03 bits per heavy atom. The topological polar surface area (TPSA) is 73.0 Å². The van der Waals surface area contributed by atoms with Crippen molar-refractivity contribution in [1.82, 2.24) is 15.1 Å². The summed E-state index contributed by atoms with van der Waals surface area (Å²) in [5.74, 6) is 1.75. The van der Waals surface area contributed by atoms with Gasteiger partial charge in [-0.2, -0.15) is 16.8 Å². The van der Waals surface area contributed by atoms with Crippen molar-refractivity contribution in [1.29, 1.82) is 0 Å². The van der Waals surface area contributed by atoms with E-state index in [1.807, 2.05) is 60.5 Å². The van der Waals surface area contributed by atoms with Gasteiger partial charge in [0.05, 0.1) is 19.1 Å². The zero-order valence-electron chi connectivity index (χ0n) is 19.3. The SMILES string of the molecule is CS/C(=N\c1nnc(C(C)c2cccc(C3(c4ccccc4)OCCO3)c2)o1)N1CCSCC1. The standard InChI is InChI=1S/C25H28N4O3S2/c1-18(22-27-28-23(32-22)26-24(33-2)29-11-15-34-16-12-29)19-7-6-10-21(17-19)25(30-13-14-31-25)20-8-4-3-5-9-20/h3-10,17-18H,11-16H2,1-2H3/b26-24-. The summed E-state index contributed by atoms with van der Waals surface area (Å²) in [5.41, 5.74) is 2.97. The number of thioether (sulfide) groups is 2. The molecule has 9 heteroatoms. The van der Waals surface area contributed by atoms with E-state index in [0.717, 1.165) is 46.5 Å². The Morgan fingerprint density at radius 2 is 1.76 bits per heavy atom. The van der Waals surface area contributed by atoms with Crippen LogP contribution < -0.4 is 0 Å². The quantitative estimate of drug-likeness (QED) is 0.366. The second-order valence-corrected chi connectivity index (χ2v) is 10.1. The number of aliphatic imine (C=N–C) groups is 1. The van der Waals surface area contributed by atoms with Crippen molar-refractivity contribution in [2.45, 2.75) is 18.6 Å². The monoisotopic (exact) mass is 496 g/mol. The van der Waals surface area contributed by atoms with Crippen LogP contribution in [-0.2, 0) is 15.3 Å². The first-order valence-corrected chi connectivity index (χ1v) is 13.8. The van der Waals surface area contributed by atoms with Crippen LogP contribution in [0.1, 0.15) is 35.4 Å². The number of nitrogens with zero attached hydrogens (tertiary/aromatic N) is 4. The van der Waals surface area contributed by atoms with Crippen LogP contribution in [0.5, 0.6) is 0 Å². The third-order valence-electron chi connectivity index (χ3n) is 6.07. The first-order valence-electron chi connectivity index (χ1n) is 11.4. The zero-order valence-corrected chi connectivity index (χ0v) is 21.0. The van der Waals surface area contributed by atoms with Crippen molar-refractivity contribution in [2.24, 2.45) is 4.99 Å². The molecule has 34 heavy (non-hydrogen) atoms. The molecular weight excluding hydrogens is 468 g/mol. The maximum atomic E-state index is 6.17. The number of hydrogen-bond donors (Lipinski definition) is 0. The molecule has 3 heterocycles. The summed E-state index contributed by atoms with van der Waals surface area (Å²) in [4.78, 5) is 6.93. The Labute approximate surface area is 208 Å². The van der Waals surface area contributed by atoms with Gasteiger partial charge in [-0.15, -0.1) is 5.10 Å². The third-order valence-corrected chi connectivity index (χ3v) is 7.73. The molecule has 2 aliphatic heterocycles. The number of benzene rings is 2. The Balaban J connectivity index is 1.40. The molecule has 2 saturated heterocycles. The van der Waals surface area contributed by atoms with Gasteiger partial charge in [-0.25, -0.2) is 0 Å². The second-order valence-electron chi connectivity index (χ2n) is 8.15. The normalized spacial score (nSPS) is 19.4. The highest BCUT2D eigenvalue weighted by Crippen LogP contribution is 2.39. The summed E-state index contributed by atoms with van der Waals surface area (Å²) in [7, 11) is 0. The van der Waals surface area contributed by atoms with E-state index in [-0.39, 0.29) is 5.92 Å². The number of amidine groups is 1. The lowest BCUT2D eigenvalue weighted by molar-refractivity contribution is -0.129. The van der Waals surface area contributed by atoms with Gasteiger partial charge >= 0.3 is 6.01 Å². The number of hydrogen-bond acceptors (Lipinski definition) is 8. The van der Waals surface area contributed by atoms with E-state index in [4.69, 9.17) is 13.9 Å². The Hall–Kier alpha value is -2.33. The molecule has 2 aliphatic rings. The average Bonchev–Trinajstić information content (AvgIpc) is 3.59. The van der Waals surface area contributed by atoms with Crippen molar-refractivity contribution in [2.75, 3.05) is 44.1 Å². The average molecular weight is 497 g/mol. The van der Waals surface area contributed by atoms with Gasteiger partial charge in [0.15, 0.2) is 5.17 Å². The molecule has 0 amide bonds. The Bertz CT molecular complexity index is 1130. The zero-order chi connectivity index (χ0) is 23.4. The Kier molecular flexibility index (Phi) is 7.24. The van der Waals surface area contributed by atoms with Gasteiger partial charge in [0.25, 0.3) is 0 Å². The van der Waals surface area contributed by atoms with Gasteiger partial charge in [-0.3, -0.25) is 0 Å². The van der Waals surface area contributed by atoms with Crippen molar-refractivity contribution in [3.63, 3.8) is 0 Å². The molecule has 7 nitrogen and oxygen atoms in total. The smallest absolute Gasteiger partial charge is 0.344 e. The number of ether oxygens (including phenoxy) is 2. The molecule has 3 aromatic rings. The van der Waals surface area contributed by atoms with Gasteiger partial charge in [0.1, 0.15) is 0 Å². The van der Waals surface area contributed by atoms with Crippen LogP contribution in [0.2, 0.25) is 0 Å². The molecule has 2 aromatic carbocycles. The van der Waals surface area contributed by atoms with E-state index >= 15 is 0 Å². The highest BCUT2D eigenvalue weighted by Gasteiger charge is 2.40. The van der Waals surface area contributed by atoms with Crippen LogP contribution >= 0.6 is 23.5 Å². The third kappa shape index (κ3) is 4.75. The predicted molar refractivity (Wildman–Crippen MR) is 137 cm³/mol. The molecule has 178 valence electrons. The fourth-order valence-electron chi connectivity index (χ4n) is 4.25. The maximum Gasteiger partial charge on any atom is 0.344 e. The molecular formula is C25H28N4O3S2. The Morgan fingerprint density at radius 3 is 2.50 bits per heavy atom. The molecule has 0 N–H and O–H groups in total. The number of rotatable bonds is 5. The maximum absolute atomic E-state index is 6.17. The van der Waals surface area contributed by atoms with E-state index < -0.39 is 5.79 Å². The van der Waals surface area contributed by atoms with E-state index in [2.05, 4.69) is 39.1 Å². The number of aromatic nitrogens is 2. The lowest BCUT2D eigenvalue weighted by Crippen LogP contribution is -2.36. The van der Waals surface area contributed by atoms with E-state index in [0.29, 0.717) is 25.1 Å². The van der Waals surface area contributed by atoms with Crippen molar-refractivity contribution in [3.05, 3.63) is 77.2 Å². The van der Waals surface area contributed by atoms with Crippen molar-refractivity contribution >= 4 is 34.7 Å². The molecule has 0 saturated carbocycles. The van der Waals surface area contributed by atoms with Gasteiger partial charge < -0.3 is 18.8 Å². The molecule has 0 radical (unpaired) electrons. The summed E-state index contributed by atoms with van der Waals surface area (Å²) >= 11 is 3.58. The summed E-state index contributed by atoms with van der Waals surface area (Å²) in [6.07, 6.45) is 2.03. The molecule has 0 aliphatic carbocycles. The highest BCUT2D eigenvalue weighted by atomic mass is 32.2. The lowest BCUT2D eigenvalue weighted by atomic mass is 9.92. The van der Waals surface area contributed by atoms with Crippen molar-refractivity contribution < 1.29 is 13.9 Å². The van der Waals surface area contributed by atoms with Gasteiger partial charge in [0.2, 0.25) is 11.7 Å². The van der Waals surface area contributed by atoms with E-state index in [1.54, 1.807) is 11.8 Å². The van der Waals surface area contributed by atoms with Gasteiger partial charge in [0, 0.05) is 35.7 Å². The molecule has 1 aromatic heterocycles. The van der Waals surface area contributed by atoms with E-state index in [1.165, 1.54) is 0 Å². The van der Waals surface area contributed by atoms with Gasteiger partial charge in [-0.1, -0.05) is 65.4 Å². The van der Waals surface area contributed by atoms with Crippen LogP contribution in [0.25, 0.3) is 0 Å². The van der Waals surface area contributed by atoms with Crippen LogP contribution in [-0.4, -0.2) is 64.3 Å². The van der Waals surface area contributed by atoms with Crippen LogP contribution in [0.3, 0.4) is 0 Å². The molecule has 5 rings (SSSR count). The summed E-state index contributed by atoms with van der Waals surface area (Å²) in [6.45, 7) is 5.13. The summed E-state index contributed by atoms with van der Waals surface area (Å²) < 4.78 is 18.3. The summed E-state index contributed by atoms with van der Waals surface area (Å²) in [5, 5.41) is 9.44. The minimum absolute atomic E-state index is 0.102. The minimum atomic E-state index is -0.902. The summed E-state index contributed by atoms with van der Waals surface area (Å²) in [6, 6.07) is 18.6. The molecule has 0 bridgehead atoms. The minimum Gasteiger partial charge on any atom is -0.406 e. The van der Waals surface area contributed by atoms with Crippen LogP contribution in [0, 0.1) is 0 Å². The first kappa shape index (κ1) is 23.4. The first-order chi connectivity index (χ1) is 16.7. The van der Waals surface area contributed by atoms with Crippen LogP contribution in [0.4, 0.5) is 6.01 Å². The van der Waals surface area contributed by atoms with Crippen molar-refractivity contribution in [3.8, 4) is 0 Å². The lowest BCUT2D eigenvalue weighted by Gasteiger charge is -2.29. The second kappa shape index (κ2) is 10.5. The fraction of sp³-hybridized carbons (Fsp3) is 0.400. The molecule has 1 unspecified atom stereocenters.